The minimum absolute atomic E-state index is 0.750. The second-order valence-corrected chi connectivity index (χ2v) is 4.60. The Kier molecular flexibility index (Phi) is 6.60. The van der Waals surface area contributed by atoms with Crippen molar-refractivity contribution in [1.29, 1.82) is 0 Å². The molecule has 0 amide bonds. The molecule has 0 aliphatic carbocycles. The Morgan fingerprint density at radius 1 is 1.00 bits per heavy atom. The molecule has 0 aromatic carbocycles. The summed E-state index contributed by atoms with van der Waals surface area (Å²) in [4.78, 5) is 8.88. The van der Waals surface area contributed by atoms with Gasteiger partial charge in [0.2, 0.25) is 0 Å². The summed E-state index contributed by atoms with van der Waals surface area (Å²) < 4.78 is 0. The second kappa shape index (κ2) is 8.04. The summed E-state index contributed by atoms with van der Waals surface area (Å²) in [6.07, 6.45) is 11.1. The van der Waals surface area contributed by atoms with E-state index in [2.05, 4.69) is 23.8 Å². The fourth-order valence-corrected chi connectivity index (χ4v) is 1.86. The Labute approximate surface area is 105 Å². The van der Waals surface area contributed by atoms with E-state index in [-0.39, 0.29) is 0 Å². The molecule has 0 spiro atoms. The maximum absolute atomic E-state index is 5.90. The van der Waals surface area contributed by atoms with E-state index < -0.39 is 0 Å². The number of nitrogens with two attached hydrogens (primary N) is 1. The molecule has 0 aliphatic heterocycles. The molecule has 0 saturated carbocycles. The van der Waals surface area contributed by atoms with Gasteiger partial charge in [-0.25, -0.2) is 9.97 Å². The van der Waals surface area contributed by atoms with Crippen LogP contribution in [0.1, 0.15) is 63.9 Å². The smallest absolute Gasteiger partial charge is 0.128 e. The van der Waals surface area contributed by atoms with Crippen molar-refractivity contribution in [3.8, 4) is 0 Å². The third-order valence-electron chi connectivity index (χ3n) is 2.97. The molecule has 0 bridgehead atoms. The molecule has 1 aromatic heterocycles. The molecule has 0 aliphatic rings. The summed E-state index contributed by atoms with van der Waals surface area (Å²) in [6.45, 7) is 4.42. The van der Waals surface area contributed by atoms with Gasteiger partial charge in [-0.15, -0.1) is 0 Å². The van der Waals surface area contributed by atoms with E-state index in [1.165, 1.54) is 38.5 Å². The number of nitrogens with zero attached hydrogens (tertiary/aromatic N) is 2. The van der Waals surface area contributed by atoms with Gasteiger partial charge in [-0.2, -0.15) is 0 Å². The van der Waals surface area contributed by atoms with Crippen molar-refractivity contribution < 1.29 is 0 Å². The first kappa shape index (κ1) is 13.9. The summed E-state index contributed by atoms with van der Waals surface area (Å²) >= 11 is 0. The molecule has 0 atom stereocenters. The van der Waals surface area contributed by atoms with Crippen LogP contribution in [0.2, 0.25) is 0 Å². The Hall–Kier alpha value is -1.12. The molecule has 96 valence electrons. The zero-order valence-electron chi connectivity index (χ0n) is 11.2. The summed E-state index contributed by atoms with van der Waals surface area (Å²) in [5.74, 6) is 0.958. The maximum Gasteiger partial charge on any atom is 0.128 e. The Morgan fingerprint density at radius 2 is 1.65 bits per heavy atom. The van der Waals surface area contributed by atoms with Crippen LogP contribution in [0, 0.1) is 0 Å². The van der Waals surface area contributed by atoms with Gasteiger partial charge < -0.3 is 5.73 Å². The van der Waals surface area contributed by atoms with Crippen molar-refractivity contribution >= 4 is 5.69 Å². The quantitative estimate of drug-likeness (QED) is 0.701. The minimum Gasteiger partial charge on any atom is -0.396 e. The summed E-state index contributed by atoms with van der Waals surface area (Å²) in [7, 11) is 0. The lowest BCUT2D eigenvalue weighted by atomic mass is 10.1. The van der Waals surface area contributed by atoms with E-state index in [0.717, 1.165) is 30.0 Å². The summed E-state index contributed by atoms with van der Waals surface area (Å²) in [6, 6.07) is 0. The Bertz CT molecular complexity index is 323. The first-order valence-electron chi connectivity index (χ1n) is 6.88. The number of anilines is 1. The van der Waals surface area contributed by atoms with E-state index in [0.29, 0.717) is 0 Å². The molecule has 0 saturated heterocycles. The molecule has 1 rings (SSSR count). The van der Waals surface area contributed by atoms with Crippen LogP contribution in [0.4, 0.5) is 5.69 Å². The highest BCUT2D eigenvalue weighted by Gasteiger charge is 2.04. The van der Waals surface area contributed by atoms with E-state index in [4.69, 9.17) is 5.73 Å². The maximum atomic E-state index is 5.90. The van der Waals surface area contributed by atoms with Crippen LogP contribution in [0.5, 0.6) is 0 Å². The fraction of sp³-hybridized carbons (Fsp3) is 0.714. The van der Waals surface area contributed by atoms with E-state index in [1.807, 2.05) is 0 Å². The summed E-state index contributed by atoms with van der Waals surface area (Å²) in [5.41, 5.74) is 7.69. The van der Waals surface area contributed by atoms with Gasteiger partial charge in [0.1, 0.15) is 5.82 Å². The molecule has 1 aromatic rings. The van der Waals surface area contributed by atoms with Crippen LogP contribution >= 0.6 is 0 Å². The van der Waals surface area contributed by atoms with Crippen LogP contribution in [0.25, 0.3) is 0 Å². The molecular weight excluding hydrogens is 210 g/mol. The van der Waals surface area contributed by atoms with Crippen molar-refractivity contribution in [2.45, 2.75) is 65.2 Å². The van der Waals surface area contributed by atoms with Gasteiger partial charge in [-0.3, -0.25) is 0 Å². The molecule has 3 heteroatoms. The number of rotatable bonds is 8. The van der Waals surface area contributed by atoms with Crippen LogP contribution < -0.4 is 5.73 Å². The number of aryl methyl sites for hydroxylation is 2. The van der Waals surface area contributed by atoms with E-state index >= 15 is 0 Å². The molecule has 1 heterocycles. The van der Waals surface area contributed by atoms with Gasteiger partial charge in [-0.05, 0) is 19.3 Å². The standard InChI is InChI=1S/C14H25N3/c1-3-5-7-9-13-12(15)11-16-14(17-13)10-8-6-4-2/h11H,3-10,15H2,1-2H3. The van der Waals surface area contributed by atoms with Crippen molar-refractivity contribution in [2.75, 3.05) is 5.73 Å². The lowest BCUT2D eigenvalue weighted by Crippen LogP contribution is -2.04. The average Bonchev–Trinajstić information content (AvgIpc) is 2.33. The topological polar surface area (TPSA) is 51.8 Å². The van der Waals surface area contributed by atoms with Crippen molar-refractivity contribution in [1.82, 2.24) is 9.97 Å². The van der Waals surface area contributed by atoms with Crippen molar-refractivity contribution in [2.24, 2.45) is 0 Å². The first-order valence-corrected chi connectivity index (χ1v) is 6.88. The number of aromatic nitrogens is 2. The zero-order valence-corrected chi connectivity index (χ0v) is 11.2. The van der Waals surface area contributed by atoms with Crippen molar-refractivity contribution in [3.05, 3.63) is 17.7 Å². The lowest BCUT2D eigenvalue weighted by Gasteiger charge is -2.06. The molecule has 3 nitrogen and oxygen atoms in total. The second-order valence-electron chi connectivity index (χ2n) is 4.60. The average molecular weight is 235 g/mol. The number of unbranched alkanes of at least 4 members (excludes halogenated alkanes) is 4. The van der Waals surface area contributed by atoms with Gasteiger partial charge in [0, 0.05) is 6.42 Å². The zero-order chi connectivity index (χ0) is 12.5. The Balaban J connectivity index is 2.53. The van der Waals surface area contributed by atoms with Gasteiger partial charge in [-0.1, -0.05) is 39.5 Å². The predicted octanol–water partition coefficient (Wildman–Crippen LogP) is 3.52. The minimum atomic E-state index is 0.750. The molecule has 0 radical (unpaired) electrons. The van der Waals surface area contributed by atoms with Crippen LogP contribution in [0.15, 0.2) is 6.20 Å². The molecule has 0 unspecified atom stereocenters. The van der Waals surface area contributed by atoms with Gasteiger partial charge in [0.05, 0.1) is 17.6 Å². The normalized spacial score (nSPS) is 10.7. The highest BCUT2D eigenvalue weighted by atomic mass is 14.9. The van der Waals surface area contributed by atoms with Gasteiger partial charge in [0.15, 0.2) is 0 Å². The number of hydrogen-bond acceptors (Lipinski definition) is 3. The van der Waals surface area contributed by atoms with Crippen LogP contribution in [0.3, 0.4) is 0 Å². The fourth-order valence-electron chi connectivity index (χ4n) is 1.86. The number of hydrogen-bond donors (Lipinski definition) is 1. The highest BCUT2D eigenvalue weighted by molar-refractivity contribution is 5.40. The van der Waals surface area contributed by atoms with E-state index in [9.17, 15) is 0 Å². The highest BCUT2D eigenvalue weighted by Crippen LogP contribution is 2.13. The van der Waals surface area contributed by atoms with Gasteiger partial charge in [0.25, 0.3) is 0 Å². The van der Waals surface area contributed by atoms with Crippen LogP contribution in [-0.4, -0.2) is 9.97 Å². The van der Waals surface area contributed by atoms with E-state index in [1.54, 1.807) is 6.20 Å². The first-order chi connectivity index (χ1) is 8.27. The lowest BCUT2D eigenvalue weighted by molar-refractivity contribution is 0.676. The molecule has 0 fully saturated rings. The molecular formula is C14H25N3. The SMILES string of the molecule is CCCCCc1ncc(N)c(CCCCC)n1. The van der Waals surface area contributed by atoms with Crippen molar-refractivity contribution in [3.63, 3.8) is 0 Å². The third-order valence-corrected chi connectivity index (χ3v) is 2.97. The molecule has 2 N–H and O–H groups in total. The Morgan fingerprint density at radius 3 is 2.29 bits per heavy atom. The molecule has 17 heavy (non-hydrogen) atoms. The van der Waals surface area contributed by atoms with Crippen LogP contribution in [-0.2, 0) is 12.8 Å². The third kappa shape index (κ3) is 5.16. The number of nitrogen functional groups attached to an aromatic ring is 1. The predicted molar refractivity (Wildman–Crippen MR) is 72.9 cm³/mol. The summed E-state index contributed by atoms with van der Waals surface area (Å²) in [5, 5.41) is 0. The largest absolute Gasteiger partial charge is 0.396 e. The van der Waals surface area contributed by atoms with Gasteiger partial charge >= 0.3 is 0 Å². The monoisotopic (exact) mass is 235 g/mol.